The fraction of sp³-hybridized carbons (Fsp3) is 0.231. The number of nitrogens with zero attached hydrogens (tertiary/aromatic N) is 1. The predicted molar refractivity (Wildman–Crippen MR) is 126 cm³/mol. The van der Waals surface area contributed by atoms with E-state index in [4.69, 9.17) is 4.74 Å². The number of benzene rings is 2. The maximum Gasteiger partial charge on any atom is 0.253 e. The van der Waals surface area contributed by atoms with Gasteiger partial charge in [0.2, 0.25) is 5.56 Å². The van der Waals surface area contributed by atoms with Crippen LogP contribution < -0.4 is 10.9 Å². The van der Waals surface area contributed by atoms with Crippen LogP contribution in [0.15, 0.2) is 71.7 Å². The second-order valence-electron chi connectivity index (χ2n) is 8.44. The summed E-state index contributed by atoms with van der Waals surface area (Å²) >= 11 is 0. The first-order chi connectivity index (χ1) is 16.5. The quantitative estimate of drug-likeness (QED) is 0.426. The maximum atomic E-state index is 14.8. The number of H-pyrrole nitrogens is 1. The van der Waals surface area contributed by atoms with E-state index in [1.54, 1.807) is 24.4 Å². The summed E-state index contributed by atoms with van der Waals surface area (Å²) in [6.45, 7) is 1.04. The van der Waals surface area contributed by atoms with E-state index in [-0.39, 0.29) is 23.1 Å². The molecule has 5 rings (SSSR count). The highest BCUT2D eigenvalue weighted by Crippen LogP contribution is 2.26. The Balaban J connectivity index is 1.43. The summed E-state index contributed by atoms with van der Waals surface area (Å²) in [6, 6.07) is 17.0. The largest absolute Gasteiger partial charge is 0.389 e. The van der Waals surface area contributed by atoms with E-state index in [9.17, 15) is 19.1 Å². The SMILES string of the molecule is O=C(NC1CCOCC1O)c1cn(Cc2ccc(-c3cccc(=O)[nH]3)cc2)c2cccc(F)c12. The molecule has 4 aromatic rings. The third kappa shape index (κ3) is 4.37. The number of carbonyl (C=O) groups is 1. The molecule has 2 aromatic heterocycles. The molecule has 0 saturated carbocycles. The van der Waals surface area contributed by atoms with Crippen LogP contribution in [-0.2, 0) is 11.3 Å². The van der Waals surface area contributed by atoms with Crippen LogP contribution in [0.25, 0.3) is 22.2 Å². The van der Waals surface area contributed by atoms with Crippen LogP contribution in [0.4, 0.5) is 4.39 Å². The van der Waals surface area contributed by atoms with Crippen LogP contribution in [0.3, 0.4) is 0 Å². The Hall–Kier alpha value is -3.75. The lowest BCUT2D eigenvalue weighted by atomic mass is 10.1. The van der Waals surface area contributed by atoms with Crippen molar-refractivity contribution in [1.29, 1.82) is 0 Å². The molecule has 0 aliphatic carbocycles. The van der Waals surface area contributed by atoms with Gasteiger partial charge in [-0.1, -0.05) is 36.4 Å². The number of aromatic amines is 1. The fourth-order valence-corrected chi connectivity index (χ4v) is 4.35. The number of pyridine rings is 1. The lowest BCUT2D eigenvalue weighted by Crippen LogP contribution is -2.48. The number of rotatable bonds is 5. The summed E-state index contributed by atoms with van der Waals surface area (Å²) in [7, 11) is 0. The Morgan fingerprint density at radius 3 is 2.71 bits per heavy atom. The van der Waals surface area contributed by atoms with Gasteiger partial charge >= 0.3 is 0 Å². The molecule has 0 spiro atoms. The average molecular weight is 461 g/mol. The number of aliphatic hydroxyl groups is 1. The van der Waals surface area contributed by atoms with Crippen molar-refractivity contribution in [2.24, 2.45) is 0 Å². The normalized spacial score (nSPS) is 18.2. The van der Waals surface area contributed by atoms with Gasteiger partial charge in [0.05, 0.1) is 29.8 Å². The number of hydrogen-bond donors (Lipinski definition) is 3. The van der Waals surface area contributed by atoms with Crippen LogP contribution in [-0.4, -0.2) is 45.9 Å². The molecule has 1 saturated heterocycles. The minimum Gasteiger partial charge on any atom is -0.389 e. The topological polar surface area (TPSA) is 96.3 Å². The van der Waals surface area contributed by atoms with Gasteiger partial charge in [0.25, 0.3) is 5.91 Å². The highest BCUT2D eigenvalue weighted by Gasteiger charge is 2.27. The summed E-state index contributed by atoms with van der Waals surface area (Å²) < 4.78 is 21.9. The van der Waals surface area contributed by atoms with Crippen molar-refractivity contribution in [3.63, 3.8) is 0 Å². The molecule has 1 aliphatic rings. The summed E-state index contributed by atoms with van der Waals surface area (Å²) in [5.74, 6) is -0.902. The number of hydrogen-bond acceptors (Lipinski definition) is 4. The second-order valence-corrected chi connectivity index (χ2v) is 8.44. The Labute approximate surface area is 194 Å². The van der Waals surface area contributed by atoms with E-state index in [1.165, 1.54) is 12.1 Å². The zero-order valence-electron chi connectivity index (χ0n) is 18.3. The van der Waals surface area contributed by atoms with Crippen molar-refractivity contribution in [1.82, 2.24) is 14.9 Å². The Morgan fingerprint density at radius 1 is 1.15 bits per heavy atom. The molecule has 1 aliphatic heterocycles. The van der Waals surface area contributed by atoms with E-state index in [2.05, 4.69) is 10.3 Å². The van der Waals surface area contributed by atoms with Crippen LogP contribution in [0, 0.1) is 5.82 Å². The fourth-order valence-electron chi connectivity index (χ4n) is 4.35. The highest BCUT2D eigenvalue weighted by molar-refractivity contribution is 6.07. The summed E-state index contributed by atoms with van der Waals surface area (Å²) in [5, 5.41) is 13.2. The predicted octanol–water partition coefficient (Wildman–Crippen LogP) is 3.06. The second kappa shape index (κ2) is 9.24. The van der Waals surface area contributed by atoms with Gasteiger partial charge in [-0.2, -0.15) is 0 Å². The smallest absolute Gasteiger partial charge is 0.253 e. The van der Waals surface area contributed by atoms with Gasteiger partial charge in [-0.25, -0.2) is 4.39 Å². The third-order valence-corrected chi connectivity index (χ3v) is 6.13. The highest BCUT2D eigenvalue weighted by atomic mass is 19.1. The Bertz CT molecular complexity index is 1390. The molecular formula is C26H24FN3O4. The number of carbonyl (C=O) groups excluding carboxylic acids is 1. The van der Waals surface area contributed by atoms with Crippen molar-refractivity contribution in [2.45, 2.75) is 25.1 Å². The van der Waals surface area contributed by atoms with Gasteiger partial charge in [-0.3, -0.25) is 9.59 Å². The van der Waals surface area contributed by atoms with Gasteiger partial charge in [0.15, 0.2) is 0 Å². The van der Waals surface area contributed by atoms with E-state index in [0.29, 0.717) is 25.1 Å². The third-order valence-electron chi connectivity index (χ3n) is 6.13. The maximum absolute atomic E-state index is 14.8. The number of halogens is 1. The Kier molecular flexibility index (Phi) is 6.00. The zero-order chi connectivity index (χ0) is 23.7. The molecule has 2 aromatic carbocycles. The van der Waals surface area contributed by atoms with Crippen molar-refractivity contribution in [3.8, 4) is 11.3 Å². The Morgan fingerprint density at radius 2 is 1.94 bits per heavy atom. The van der Waals surface area contributed by atoms with Gasteiger partial charge in [0, 0.05) is 36.5 Å². The zero-order valence-corrected chi connectivity index (χ0v) is 18.3. The number of amides is 1. The molecule has 3 heterocycles. The molecule has 174 valence electrons. The van der Waals surface area contributed by atoms with Crippen LogP contribution in [0.2, 0.25) is 0 Å². The number of aliphatic hydroxyl groups excluding tert-OH is 1. The van der Waals surface area contributed by atoms with Crippen molar-refractivity contribution in [3.05, 3.63) is 94.2 Å². The first kappa shape index (κ1) is 22.1. The van der Waals surface area contributed by atoms with E-state index < -0.39 is 23.9 Å². The molecule has 7 nitrogen and oxygen atoms in total. The summed E-state index contributed by atoms with van der Waals surface area (Å²) in [6.07, 6.45) is 1.35. The number of aromatic nitrogens is 2. The molecule has 2 unspecified atom stereocenters. The summed E-state index contributed by atoms with van der Waals surface area (Å²) in [5.41, 5.74) is 3.22. The van der Waals surface area contributed by atoms with Gasteiger partial charge < -0.3 is 24.7 Å². The van der Waals surface area contributed by atoms with Crippen molar-refractivity contribution in [2.75, 3.05) is 13.2 Å². The number of fused-ring (bicyclic) bond motifs is 1. The lowest BCUT2D eigenvalue weighted by Gasteiger charge is -2.28. The standard InChI is InChI=1S/C26H24FN3O4/c27-19-3-1-5-22-25(19)18(26(33)29-21-11-12-34-15-23(21)31)14-30(22)13-16-7-9-17(10-8-16)20-4-2-6-24(32)28-20/h1-10,14,21,23,31H,11-13,15H2,(H,28,32)(H,29,33). The molecule has 8 heteroatoms. The van der Waals surface area contributed by atoms with Crippen LogP contribution in [0.5, 0.6) is 0 Å². The molecule has 2 atom stereocenters. The molecule has 1 amide bonds. The van der Waals surface area contributed by atoms with Gasteiger partial charge in [0.1, 0.15) is 5.82 Å². The first-order valence-electron chi connectivity index (χ1n) is 11.1. The van der Waals surface area contributed by atoms with E-state index >= 15 is 0 Å². The van der Waals surface area contributed by atoms with Crippen molar-refractivity contribution >= 4 is 16.8 Å². The minimum absolute atomic E-state index is 0.161. The van der Waals surface area contributed by atoms with Crippen LogP contribution in [0.1, 0.15) is 22.3 Å². The molecule has 34 heavy (non-hydrogen) atoms. The average Bonchev–Trinajstić information content (AvgIpc) is 3.21. The van der Waals surface area contributed by atoms with Gasteiger partial charge in [-0.15, -0.1) is 0 Å². The van der Waals surface area contributed by atoms with E-state index in [1.807, 2.05) is 34.9 Å². The van der Waals surface area contributed by atoms with Crippen molar-refractivity contribution < 1.29 is 19.0 Å². The van der Waals surface area contributed by atoms with E-state index in [0.717, 1.165) is 16.8 Å². The summed E-state index contributed by atoms with van der Waals surface area (Å²) in [4.78, 5) is 27.4. The van der Waals surface area contributed by atoms with Gasteiger partial charge in [-0.05, 0) is 35.7 Å². The molecule has 0 radical (unpaired) electrons. The molecular weight excluding hydrogens is 437 g/mol. The first-order valence-corrected chi connectivity index (χ1v) is 11.1. The monoisotopic (exact) mass is 461 g/mol. The van der Waals surface area contributed by atoms with Crippen LogP contribution >= 0.6 is 0 Å². The lowest BCUT2D eigenvalue weighted by molar-refractivity contribution is -0.0260. The minimum atomic E-state index is -0.797. The number of nitrogens with one attached hydrogen (secondary N) is 2. The number of ether oxygens (including phenoxy) is 1. The molecule has 1 fully saturated rings. The molecule has 3 N–H and O–H groups in total. The molecule has 0 bridgehead atoms.